The third-order valence-electron chi connectivity index (χ3n) is 4.37. The first-order chi connectivity index (χ1) is 7.75. The predicted octanol–water partition coefficient (Wildman–Crippen LogP) is 3.36. The molecule has 2 unspecified atom stereocenters. The standard InChI is InChI=1S/C14H29NO/c1-5-9-10-16-13-11-12(15-8-4)14(13,6-2)7-3/h12-13,15H,5-11H2,1-4H3. The van der Waals surface area contributed by atoms with Gasteiger partial charge in [0, 0.05) is 18.1 Å². The van der Waals surface area contributed by atoms with Crippen molar-refractivity contribution in [1.29, 1.82) is 0 Å². The van der Waals surface area contributed by atoms with E-state index in [4.69, 9.17) is 4.74 Å². The molecule has 0 aromatic rings. The van der Waals surface area contributed by atoms with E-state index in [2.05, 4.69) is 33.0 Å². The Hall–Kier alpha value is -0.0800. The van der Waals surface area contributed by atoms with E-state index in [1.807, 2.05) is 0 Å². The third-order valence-corrected chi connectivity index (χ3v) is 4.37. The Labute approximate surface area is 101 Å². The molecule has 0 bridgehead atoms. The highest BCUT2D eigenvalue weighted by molar-refractivity contribution is 5.06. The molecule has 1 fully saturated rings. The van der Waals surface area contributed by atoms with Crippen molar-refractivity contribution in [3.63, 3.8) is 0 Å². The van der Waals surface area contributed by atoms with Gasteiger partial charge in [-0.15, -0.1) is 0 Å². The second-order valence-corrected chi connectivity index (χ2v) is 5.00. The summed E-state index contributed by atoms with van der Waals surface area (Å²) in [6.07, 6.45) is 6.61. The van der Waals surface area contributed by atoms with Gasteiger partial charge in [-0.05, 0) is 32.2 Å². The molecular formula is C14H29NO. The van der Waals surface area contributed by atoms with Crippen LogP contribution in [0.15, 0.2) is 0 Å². The Kier molecular flexibility index (Phi) is 5.77. The Bertz CT molecular complexity index is 187. The summed E-state index contributed by atoms with van der Waals surface area (Å²) < 4.78 is 6.05. The van der Waals surface area contributed by atoms with Gasteiger partial charge >= 0.3 is 0 Å². The lowest BCUT2D eigenvalue weighted by atomic mass is 9.58. The third kappa shape index (κ3) is 2.60. The van der Waals surface area contributed by atoms with Gasteiger partial charge in [0.05, 0.1) is 6.10 Å². The van der Waals surface area contributed by atoms with Crippen molar-refractivity contribution in [1.82, 2.24) is 5.32 Å². The normalized spacial score (nSPS) is 27.8. The molecule has 0 radical (unpaired) electrons. The first kappa shape index (κ1) is 14.0. The van der Waals surface area contributed by atoms with E-state index < -0.39 is 0 Å². The van der Waals surface area contributed by atoms with Gasteiger partial charge < -0.3 is 10.1 Å². The van der Waals surface area contributed by atoms with Crippen LogP contribution in [0.25, 0.3) is 0 Å². The molecule has 2 atom stereocenters. The lowest BCUT2D eigenvalue weighted by Gasteiger charge is -2.55. The fourth-order valence-electron chi connectivity index (χ4n) is 3.08. The largest absolute Gasteiger partial charge is 0.378 e. The Morgan fingerprint density at radius 3 is 2.38 bits per heavy atom. The highest BCUT2D eigenvalue weighted by atomic mass is 16.5. The predicted molar refractivity (Wildman–Crippen MR) is 69.7 cm³/mol. The highest BCUT2D eigenvalue weighted by Gasteiger charge is 2.52. The molecule has 1 aliphatic carbocycles. The quantitative estimate of drug-likeness (QED) is 0.642. The van der Waals surface area contributed by atoms with E-state index in [9.17, 15) is 0 Å². The van der Waals surface area contributed by atoms with Gasteiger partial charge in [-0.2, -0.15) is 0 Å². The molecule has 2 nitrogen and oxygen atoms in total. The van der Waals surface area contributed by atoms with Crippen LogP contribution in [-0.2, 0) is 4.74 Å². The van der Waals surface area contributed by atoms with Crippen LogP contribution in [-0.4, -0.2) is 25.3 Å². The molecule has 1 saturated carbocycles. The maximum Gasteiger partial charge on any atom is 0.0661 e. The van der Waals surface area contributed by atoms with Gasteiger partial charge in [0.2, 0.25) is 0 Å². The monoisotopic (exact) mass is 227 g/mol. The van der Waals surface area contributed by atoms with Gasteiger partial charge in [-0.25, -0.2) is 0 Å². The minimum atomic E-state index is 0.406. The van der Waals surface area contributed by atoms with Crippen LogP contribution < -0.4 is 5.32 Å². The first-order valence-corrected chi connectivity index (χ1v) is 7.10. The van der Waals surface area contributed by atoms with Gasteiger partial charge in [0.15, 0.2) is 0 Å². The van der Waals surface area contributed by atoms with Crippen molar-refractivity contribution >= 4 is 0 Å². The molecule has 0 aromatic carbocycles. The minimum absolute atomic E-state index is 0.406. The van der Waals surface area contributed by atoms with Gasteiger partial charge in [0.25, 0.3) is 0 Å². The van der Waals surface area contributed by atoms with Crippen molar-refractivity contribution in [3.05, 3.63) is 0 Å². The summed E-state index contributed by atoms with van der Waals surface area (Å²) in [5, 5.41) is 3.62. The summed E-state index contributed by atoms with van der Waals surface area (Å²) >= 11 is 0. The SMILES string of the molecule is CCCCOC1CC(NCC)C1(CC)CC. The molecule has 1 rings (SSSR count). The van der Waals surface area contributed by atoms with E-state index in [0.29, 0.717) is 17.6 Å². The second kappa shape index (κ2) is 6.61. The van der Waals surface area contributed by atoms with Crippen LogP contribution in [0.1, 0.15) is 59.8 Å². The Morgan fingerprint density at radius 2 is 1.88 bits per heavy atom. The summed E-state index contributed by atoms with van der Waals surface area (Å²) in [5.74, 6) is 0. The summed E-state index contributed by atoms with van der Waals surface area (Å²) in [6.45, 7) is 11.1. The number of unbranched alkanes of at least 4 members (excludes halogenated alkanes) is 1. The molecule has 0 aromatic heterocycles. The fraction of sp³-hybridized carbons (Fsp3) is 1.00. The lowest BCUT2D eigenvalue weighted by molar-refractivity contribution is -0.140. The maximum absolute atomic E-state index is 6.05. The fourth-order valence-corrected chi connectivity index (χ4v) is 3.08. The number of ether oxygens (including phenoxy) is 1. The second-order valence-electron chi connectivity index (χ2n) is 5.00. The summed E-state index contributed by atoms with van der Waals surface area (Å²) in [4.78, 5) is 0. The number of hydrogen-bond donors (Lipinski definition) is 1. The van der Waals surface area contributed by atoms with Crippen LogP contribution in [0.2, 0.25) is 0 Å². The molecule has 2 heteroatoms. The van der Waals surface area contributed by atoms with Crippen LogP contribution in [0.5, 0.6) is 0 Å². The molecular weight excluding hydrogens is 198 g/mol. The zero-order valence-electron chi connectivity index (χ0n) is 11.5. The molecule has 96 valence electrons. The van der Waals surface area contributed by atoms with Gasteiger partial charge in [0.1, 0.15) is 0 Å². The van der Waals surface area contributed by atoms with Crippen LogP contribution in [0, 0.1) is 5.41 Å². The Balaban J connectivity index is 2.47. The lowest BCUT2D eigenvalue weighted by Crippen LogP contribution is -2.63. The van der Waals surface area contributed by atoms with Crippen molar-refractivity contribution in [2.45, 2.75) is 71.9 Å². The highest BCUT2D eigenvalue weighted by Crippen LogP contribution is 2.48. The molecule has 0 aliphatic heterocycles. The van der Waals surface area contributed by atoms with E-state index in [1.54, 1.807) is 0 Å². The van der Waals surface area contributed by atoms with Crippen LogP contribution >= 0.6 is 0 Å². The zero-order valence-corrected chi connectivity index (χ0v) is 11.5. The molecule has 1 N–H and O–H groups in total. The topological polar surface area (TPSA) is 21.3 Å². The summed E-state index contributed by atoms with van der Waals surface area (Å²) in [6, 6.07) is 0.680. The average molecular weight is 227 g/mol. The van der Waals surface area contributed by atoms with E-state index in [1.165, 1.54) is 32.1 Å². The molecule has 0 saturated heterocycles. The van der Waals surface area contributed by atoms with E-state index in [0.717, 1.165) is 13.2 Å². The number of hydrogen-bond acceptors (Lipinski definition) is 2. The molecule has 0 amide bonds. The molecule has 1 aliphatic rings. The first-order valence-electron chi connectivity index (χ1n) is 7.10. The molecule has 0 spiro atoms. The van der Waals surface area contributed by atoms with Crippen molar-refractivity contribution < 1.29 is 4.74 Å². The van der Waals surface area contributed by atoms with E-state index >= 15 is 0 Å². The van der Waals surface area contributed by atoms with E-state index in [-0.39, 0.29) is 0 Å². The number of rotatable bonds is 8. The number of nitrogens with one attached hydrogen (secondary N) is 1. The van der Waals surface area contributed by atoms with Crippen molar-refractivity contribution in [2.24, 2.45) is 5.41 Å². The van der Waals surface area contributed by atoms with Crippen LogP contribution in [0.4, 0.5) is 0 Å². The zero-order chi connectivity index (χ0) is 12.0. The average Bonchev–Trinajstić information content (AvgIpc) is 2.29. The van der Waals surface area contributed by atoms with Gasteiger partial charge in [-0.1, -0.05) is 34.1 Å². The minimum Gasteiger partial charge on any atom is -0.378 e. The maximum atomic E-state index is 6.05. The summed E-state index contributed by atoms with van der Waals surface area (Å²) in [7, 11) is 0. The smallest absolute Gasteiger partial charge is 0.0661 e. The van der Waals surface area contributed by atoms with Gasteiger partial charge in [-0.3, -0.25) is 0 Å². The molecule has 0 heterocycles. The molecule has 16 heavy (non-hydrogen) atoms. The van der Waals surface area contributed by atoms with Crippen molar-refractivity contribution in [2.75, 3.05) is 13.2 Å². The van der Waals surface area contributed by atoms with Crippen LogP contribution in [0.3, 0.4) is 0 Å². The summed E-state index contributed by atoms with van der Waals surface area (Å²) in [5.41, 5.74) is 0.406. The Morgan fingerprint density at radius 1 is 1.19 bits per heavy atom. The van der Waals surface area contributed by atoms with Crippen molar-refractivity contribution in [3.8, 4) is 0 Å².